The number of amides is 2. The summed E-state index contributed by atoms with van der Waals surface area (Å²) in [5.74, 6) is -0.659. The van der Waals surface area contributed by atoms with Crippen molar-refractivity contribution in [3.8, 4) is 0 Å². The summed E-state index contributed by atoms with van der Waals surface area (Å²) in [6.45, 7) is 0.318. The van der Waals surface area contributed by atoms with Crippen molar-refractivity contribution in [2.45, 2.75) is 6.42 Å². The van der Waals surface area contributed by atoms with Gasteiger partial charge in [0.25, 0.3) is 0 Å². The second-order valence-corrected chi connectivity index (χ2v) is 4.83. The Morgan fingerprint density at radius 1 is 1.35 bits per heavy atom. The van der Waals surface area contributed by atoms with E-state index in [4.69, 9.17) is 0 Å². The Morgan fingerprint density at radius 2 is 2.12 bits per heavy atom. The number of anilines is 1. The van der Waals surface area contributed by atoms with Gasteiger partial charge in [-0.2, -0.15) is 0 Å². The number of nitrogens with zero attached hydrogens (tertiary/aromatic N) is 1. The molecule has 0 radical (unpaired) electrons. The summed E-state index contributed by atoms with van der Waals surface area (Å²) < 4.78 is 13.6. The third-order valence-corrected chi connectivity index (χ3v) is 3.36. The van der Waals surface area contributed by atoms with Crippen molar-refractivity contribution in [1.82, 2.24) is 5.32 Å². The fraction of sp³-hybridized carbons (Fsp3) is 0.273. The lowest BCUT2D eigenvalue weighted by atomic mass is 10.2. The molecule has 1 N–H and O–H groups in total. The van der Waals surface area contributed by atoms with Crippen LogP contribution >= 0.6 is 22.6 Å². The Morgan fingerprint density at radius 3 is 2.82 bits per heavy atom. The van der Waals surface area contributed by atoms with Crippen molar-refractivity contribution in [3.63, 3.8) is 0 Å². The second-order valence-electron chi connectivity index (χ2n) is 3.67. The minimum atomic E-state index is -0.338. The van der Waals surface area contributed by atoms with Crippen LogP contribution in [0.2, 0.25) is 0 Å². The van der Waals surface area contributed by atoms with Crippen LogP contribution in [0.15, 0.2) is 18.2 Å². The van der Waals surface area contributed by atoms with Gasteiger partial charge in [0, 0.05) is 16.5 Å². The Kier molecular flexibility index (Phi) is 3.60. The number of carbonyl (C=O) groups is 2. The van der Waals surface area contributed by atoms with Gasteiger partial charge >= 0.3 is 0 Å². The topological polar surface area (TPSA) is 49.4 Å². The molecule has 2 amide bonds. The van der Waals surface area contributed by atoms with E-state index in [0.717, 1.165) is 0 Å². The van der Waals surface area contributed by atoms with Gasteiger partial charge in [-0.15, -0.1) is 0 Å². The molecule has 1 aliphatic rings. The molecule has 0 atom stereocenters. The highest BCUT2D eigenvalue weighted by Gasteiger charge is 2.22. The number of carbonyl (C=O) groups excluding carboxylic acids is 2. The minimum absolute atomic E-state index is 0.00765. The van der Waals surface area contributed by atoms with Crippen LogP contribution in [-0.4, -0.2) is 24.9 Å². The molecule has 1 aliphatic heterocycles. The molecule has 0 aliphatic carbocycles. The fourth-order valence-corrected chi connectivity index (χ4v) is 2.42. The maximum absolute atomic E-state index is 13.0. The predicted octanol–water partition coefficient (Wildman–Crippen LogP) is 1.28. The zero-order valence-electron chi connectivity index (χ0n) is 8.87. The van der Waals surface area contributed by atoms with Crippen LogP contribution < -0.4 is 10.2 Å². The SMILES string of the molecule is O=C1CCN(c2ccc(F)cc2I)C(=O)CN1. The number of benzene rings is 1. The summed E-state index contributed by atoms with van der Waals surface area (Å²) in [6, 6.07) is 4.24. The number of rotatable bonds is 1. The van der Waals surface area contributed by atoms with Gasteiger partial charge in [-0.1, -0.05) is 0 Å². The quantitative estimate of drug-likeness (QED) is 0.778. The van der Waals surface area contributed by atoms with Crippen LogP contribution in [0.1, 0.15) is 6.42 Å². The van der Waals surface area contributed by atoms with E-state index >= 15 is 0 Å². The average molecular weight is 348 g/mol. The van der Waals surface area contributed by atoms with E-state index in [1.807, 2.05) is 22.6 Å². The van der Waals surface area contributed by atoms with Crippen LogP contribution in [0.3, 0.4) is 0 Å². The first-order valence-corrected chi connectivity index (χ1v) is 6.18. The summed E-state index contributed by atoms with van der Waals surface area (Å²) in [6.07, 6.45) is 0.263. The van der Waals surface area contributed by atoms with Crippen molar-refractivity contribution in [1.29, 1.82) is 0 Å². The van der Waals surface area contributed by atoms with Crippen LogP contribution in [0, 0.1) is 9.39 Å². The Labute approximate surface area is 111 Å². The molecule has 2 rings (SSSR count). The molecule has 0 bridgehead atoms. The first-order chi connectivity index (χ1) is 8.08. The van der Waals surface area contributed by atoms with Crippen molar-refractivity contribution >= 4 is 40.1 Å². The molecule has 0 spiro atoms. The van der Waals surface area contributed by atoms with Gasteiger partial charge in [0.05, 0.1) is 12.2 Å². The lowest BCUT2D eigenvalue weighted by Crippen LogP contribution is -2.35. The molecule has 0 unspecified atom stereocenters. The second kappa shape index (κ2) is 4.99. The third kappa shape index (κ3) is 2.74. The van der Waals surface area contributed by atoms with E-state index in [-0.39, 0.29) is 30.6 Å². The molecule has 1 aromatic carbocycles. The van der Waals surface area contributed by atoms with Gasteiger partial charge in [0.15, 0.2) is 0 Å². The first kappa shape index (κ1) is 12.3. The van der Waals surface area contributed by atoms with Gasteiger partial charge < -0.3 is 10.2 Å². The maximum atomic E-state index is 13.0. The summed E-state index contributed by atoms with van der Waals surface area (Å²) in [5.41, 5.74) is 0.647. The molecule has 0 saturated carbocycles. The molecular formula is C11H10FIN2O2. The number of halogens is 2. The molecule has 1 saturated heterocycles. The maximum Gasteiger partial charge on any atom is 0.246 e. The smallest absolute Gasteiger partial charge is 0.246 e. The number of nitrogens with one attached hydrogen (secondary N) is 1. The highest BCUT2D eigenvalue weighted by atomic mass is 127. The number of hydrogen-bond acceptors (Lipinski definition) is 2. The summed E-state index contributed by atoms with van der Waals surface area (Å²) in [5, 5.41) is 2.52. The fourth-order valence-electron chi connectivity index (χ4n) is 1.65. The van der Waals surface area contributed by atoms with E-state index in [0.29, 0.717) is 15.8 Å². The third-order valence-electron chi connectivity index (χ3n) is 2.50. The molecule has 6 heteroatoms. The van der Waals surface area contributed by atoms with Crippen molar-refractivity contribution < 1.29 is 14.0 Å². The zero-order chi connectivity index (χ0) is 12.4. The van der Waals surface area contributed by atoms with E-state index in [2.05, 4.69) is 5.32 Å². The summed E-state index contributed by atoms with van der Waals surface area (Å²) >= 11 is 1.98. The van der Waals surface area contributed by atoms with E-state index in [1.54, 1.807) is 6.07 Å². The highest BCUT2D eigenvalue weighted by molar-refractivity contribution is 14.1. The normalized spacial score (nSPS) is 16.7. The minimum Gasteiger partial charge on any atom is -0.347 e. The lowest BCUT2D eigenvalue weighted by Gasteiger charge is -2.21. The molecular weight excluding hydrogens is 338 g/mol. The Balaban J connectivity index is 2.31. The molecule has 4 nitrogen and oxygen atoms in total. The lowest BCUT2D eigenvalue weighted by molar-refractivity contribution is -0.123. The monoisotopic (exact) mass is 348 g/mol. The Bertz CT molecular complexity index is 479. The zero-order valence-corrected chi connectivity index (χ0v) is 11.0. The van der Waals surface area contributed by atoms with E-state index in [9.17, 15) is 14.0 Å². The summed E-state index contributed by atoms with van der Waals surface area (Å²) in [7, 11) is 0. The summed E-state index contributed by atoms with van der Waals surface area (Å²) in [4.78, 5) is 24.5. The van der Waals surface area contributed by atoms with Gasteiger partial charge in [-0.25, -0.2) is 4.39 Å². The van der Waals surface area contributed by atoms with Crippen LogP contribution in [0.5, 0.6) is 0 Å². The van der Waals surface area contributed by atoms with Crippen LogP contribution in [0.4, 0.5) is 10.1 Å². The van der Waals surface area contributed by atoms with E-state index in [1.165, 1.54) is 17.0 Å². The van der Waals surface area contributed by atoms with E-state index < -0.39 is 0 Å². The van der Waals surface area contributed by atoms with Gasteiger partial charge in [0.1, 0.15) is 5.82 Å². The largest absolute Gasteiger partial charge is 0.347 e. The van der Waals surface area contributed by atoms with Crippen molar-refractivity contribution in [3.05, 3.63) is 27.6 Å². The van der Waals surface area contributed by atoms with Gasteiger partial charge in [0.2, 0.25) is 11.8 Å². The average Bonchev–Trinajstić information content (AvgIpc) is 2.43. The number of hydrogen-bond donors (Lipinski definition) is 1. The van der Waals surface area contributed by atoms with Crippen molar-refractivity contribution in [2.24, 2.45) is 0 Å². The molecule has 90 valence electrons. The standard InChI is InChI=1S/C11H10FIN2O2/c12-7-1-2-9(8(13)5-7)15-4-3-10(16)14-6-11(15)17/h1-2,5H,3-4,6H2,(H,14,16). The molecule has 1 heterocycles. The highest BCUT2D eigenvalue weighted by Crippen LogP contribution is 2.24. The molecule has 1 aromatic rings. The van der Waals surface area contributed by atoms with Crippen molar-refractivity contribution in [2.75, 3.05) is 18.0 Å². The predicted molar refractivity (Wildman–Crippen MR) is 69.1 cm³/mol. The van der Waals surface area contributed by atoms with Crippen LogP contribution in [0.25, 0.3) is 0 Å². The van der Waals surface area contributed by atoms with Gasteiger partial charge in [-0.3, -0.25) is 9.59 Å². The molecule has 17 heavy (non-hydrogen) atoms. The Hall–Kier alpha value is -1.18. The van der Waals surface area contributed by atoms with Gasteiger partial charge in [-0.05, 0) is 40.8 Å². The first-order valence-electron chi connectivity index (χ1n) is 5.10. The molecule has 1 fully saturated rings. The van der Waals surface area contributed by atoms with Crippen LogP contribution in [-0.2, 0) is 9.59 Å². The molecule has 0 aromatic heterocycles.